The van der Waals surface area contributed by atoms with Crippen LogP contribution in [0.4, 0.5) is 13.2 Å². The van der Waals surface area contributed by atoms with Crippen molar-refractivity contribution < 1.29 is 41.0 Å². The van der Waals surface area contributed by atoms with Gasteiger partial charge in [-0.1, -0.05) is 54.2 Å². The van der Waals surface area contributed by atoms with Crippen molar-refractivity contribution in [1.82, 2.24) is 19.5 Å². The smallest absolute Gasteiger partial charge is 0.487 e. The molecule has 0 atom stereocenters. The number of nitrogens with two attached hydrogens (primary N) is 2. The lowest BCUT2D eigenvalue weighted by atomic mass is 10.0. The van der Waals surface area contributed by atoms with Crippen LogP contribution < -0.4 is 20.9 Å². The number of aromatic nitrogens is 1. The fraction of sp³-hybridized carbons (Fsp3) is 0.471. The molecule has 0 spiro atoms. The Balaban J connectivity index is 0.000000980. The van der Waals surface area contributed by atoms with Crippen LogP contribution in [-0.4, -0.2) is 97.1 Å². The highest BCUT2D eigenvalue weighted by molar-refractivity contribution is 7.89. The molecule has 3 aromatic rings. The highest BCUT2D eigenvalue weighted by Gasteiger charge is 2.39. The Morgan fingerprint density at radius 3 is 2.26 bits per heavy atom. The number of halogens is 5. The molecule has 1 fully saturated rings. The molecule has 0 unspecified atom stereocenters. The molecule has 1 aliphatic heterocycles. The average Bonchev–Trinajstić information content (AvgIpc) is 3.07. The molecule has 1 amide bonds. The molecule has 1 saturated heterocycles. The summed E-state index contributed by atoms with van der Waals surface area (Å²) in [6.45, 7) is 8.99. The third-order valence-corrected chi connectivity index (χ3v) is 10.7. The van der Waals surface area contributed by atoms with Crippen molar-refractivity contribution in [2.24, 2.45) is 16.5 Å². The van der Waals surface area contributed by atoms with Gasteiger partial charge in [-0.3, -0.25) is 14.7 Å². The van der Waals surface area contributed by atoms with Gasteiger partial charge in [-0.15, -0.1) is 0 Å². The van der Waals surface area contributed by atoms with Gasteiger partial charge in [0.05, 0.1) is 5.02 Å². The number of benzene rings is 2. The van der Waals surface area contributed by atoms with Crippen LogP contribution in [0.5, 0.6) is 5.75 Å². The number of sulfonamides is 1. The van der Waals surface area contributed by atoms with Crippen molar-refractivity contribution in [1.29, 1.82) is 0 Å². The van der Waals surface area contributed by atoms with Gasteiger partial charge in [-0.05, 0) is 64.4 Å². The summed E-state index contributed by atoms with van der Waals surface area (Å²) in [5.41, 5.74) is 11.1. The van der Waals surface area contributed by atoms with Gasteiger partial charge < -0.3 is 26.2 Å². The number of aliphatic carboxylic acids is 1. The second-order valence-electron chi connectivity index (χ2n) is 12.8. The van der Waals surface area contributed by atoms with Crippen LogP contribution in [0.15, 0.2) is 52.4 Å². The topological polar surface area (TPSA) is 194 Å². The molecule has 1 aliphatic rings. The van der Waals surface area contributed by atoms with E-state index in [0.717, 1.165) is 56.4 Å². The molecule has 0 bridgehead atoms. The highest BCUT2D eigenvalue weighted by atomic mass is 35.5. The number of guanidine groups is 1. The minimum Gasteiger partial charge on any atom is -0.487 e. The number of aliphatic imine (C=N–C) groups is 1. The number of pyridine rings is 1. The van der Waals surface area contributed by atoms with E-state index in [1.165, 1.54) is 12.1 Å². The maximum atomic E-state index is 13.6. The number of hydrogen-bond donors (Lipinski definition) is 4. The number of ether oxygens (including phenoxy) is 1. The number of nitrogens with one attached hydrogen (secondary N) is 1. The van der Waals surface area contributed by atoms with Gasteiger partial charge in [0, 0.05) is 54.4 Å². The van der Waals surface area contributed by atoms with Gasteiger partial charge in [0.25, 0.3) is 0 Å². The van der Waals surface area contributed by atoms with Crippen molar-refractivity contribution in [3.63, 3.8) is 0 Å². The second kappa shape index (κ2) is 18.9. The van der Waals surface area contributed by atoms with Crippen LogP contribution in [0.25, 0.3) is 10.9 Å². The number of fused-ring (bicyclic) bond motifs is 1. The molecule has 292 valence electrons. The predicted octanol–water partition coefficient (Wildman–Crippen LogP) is 5.10. The summed E-state index contributed by atoms with van der Waals surface area (Å²) in [5, 5.41) is 8.21. The van der Waals surface area contributed by atoms with E-state index in [2.05, 4.69) is 19.6 Å². The zero-order valence-electron chi connectivity index (χ0n) is 29.5. The summed E-state index contributed by atoms with van der Waals surface area (Å²) in [7, 11) is -4.22. The Morgan fingerprint density at radius 2 is 1.64 bits per heavy atom. The molecular formula is C34H44Cl2F3N7O6S. The first kappa shape index (κ1) is 43.5. The molecule has 53 heavy (non-hydrogen) atoms. The lowest BCUT2D eigenvalue weighted by Gasteiger charge is -2.38. The Kier molecular flexibility index (Phi) is 15.5. The van der Waals surface area contributed by atoms with E-state index in [1.54, 1.807) is 24.8 Å². The lowest BCUT2D eigenvalue weighted by Crippen LogP contribution is -2.59. The standard InChI is InChI=1S/C32H43Cl2N7O4S.C2HF3O2/c1-22-11-12-23-9-8-10-26(29(23)38-22)45-21-24-25(33)13-14-27(28(24)34)46(43,44)39-32(2,3)30(42)41-19-17-40(18-20-41)16-7-5-4-6-15-37-31(35)36;3-2(4,5)1(6)7/h8-14,39H,4-7,15-21H2,1-3H3,(H4,35,36,37);(H,6,7). The number of carbonyl (C=O) groups is 2. The van der Waals surface area contributed by atoms with E-state index in [1.807, 2.05) is 31.2 Å². The van der Waals surface area contributed by atoms with Gasteiger partial charge in [-0.25, -0.2) is 18.2 Å². The Hall–Kier alpha value is -3.90. The van der Waals surface area contributed by atoms with Crippen LogP contribution in [0, 0.1) is 6.92 Å². The van der Waals surface area contributed by atoms with E-state index in [0.29, 0.717) is 36.5 Å². The molecule has 6 N–H and O–H groups in total. The first-order valence-electron chi connectivity index (χ1n) is 16.6. The van der Waals surface area contributed by atoms with Crippen molar-refractivity contribution in [2.45, 2.75) is 69.7 Å². The number of alkyl halides is 3. The number of aryl methyl sites for hydroxylation is 1. The molecule has 13 nitrogen and oxygen atoms in total. The molecule has 1 aromatic heterocycles. The van der Waals surface area contributed by atoms with E-state index >= 15 is 0 Å². The molecule has 2 heterocycles. The Labute approximate surface area is 316 Å². The highest BCUT2D eigenvalue weighted by Crippen LogP contribution is 2.34. The normalized spacial score (nSPS) is 14.0. The Bertz CT molecular complexity index is 1890. The van der Waals surface area contributed by atoms with E-state index in [4.69, 9.17) is 49.3 Å². The third kappa shape index (κ3) is 12.9. The van der Waals surface area contributed by atoms with Crippen LogP contribution in [-0.2, 0) is 26.2 Å². The first-order valence-corrected chi connectivity index (χ1v) is 18.8. The SMILES string of the molecule is Cc1ccc2cccc(OCc3c(Cl)ccc(S(=O)(=O)NC(C)(C)C(=O)N4CCN(CCCCCCN=C(N)N)CC4)c3Cl)c2n1.O=C(O)C(F)(F)F. The summed E-state index contributed by atoms with van der Waals surface area (Å²) in [6, 6.07) is 12.2. The number of amides is 1. The summed E-state index contributed by atoms with van der Waals surface area (Å²) in [6.07, 6.45) is -0.954. The predicted molar refractivity (Wildman–Crippen MR) is 198 cm³/mol. The van der Waals surface area contributed by atoms with E-state index < -0.39 is 27.7 Å². The number of unbranched alkanes of at least 4 members (excludes halogenated alkanes) is 3. The van der Waals surface area contributed by atoms with Crippen LogP contribution >= 0.6 is 23.2 Å². The number of carbonyl (C=O) groups excluding carboxylic acids is 1. The maximum absolute atomic E-state index is 13.6. The van der Waals surface area contributed by atoms with Gasteiger partial charge in [0.2, 0.25) is 15.9 Å². The van der Waals surface area contributed by atoms with Crippen molar-refractivity contribution in [3.8, 4) is 5.75 Å². The van der Waals surface area contributed by atoms with Crippen molar-refractivity contribution in [3.05, 3.63) is 63.8 Å². The molecular weight excluding hydrogens is 762 g/mol. The number of rotatable bonds is 14. The number of carboxylic acids is 1. The first-order chi connectivity index (χ1) is 24.7. The Morgan fingerprint density at radius 1 is 1.00 bits per heavy atom. The van der Waals surface area contributed by atoms with Crippen LogP contribution in [0.2, 0.25) is 10.0 Å². The number of nitrogens with zero attached hydrogens (tertiary/aromatic N) is 4. The molecule has 19 heteroatoms. The number of para-hydroxylation sites is 1. The molecule has 2 aromatic carbocycles. The fourth-order valence-corrected chi connectivity index (χ4v) is 7.67. The molecule has 0 radical (unpaired) electrons. The quantitative estimate of drug-likeness (QED) is 0.0968. The van der Waals surface area contributed by atoms with Gasteiger partial charge in [0.1, 0.15) is 28.3 Å². The largest absolute Gasteiger partial charge is 0.490 e. The third-order valence-electron chi connectivity index (χ3n) is 8.14. The fourth-order valence-electron chi connectivity index (χ4n) is 5.41. The summed E-state index contributed by atoms with van der Waals surface area (Å²) >= 11 is 13.1. The summed E-state index contributed by atoms with van der Waals surface area (Å²) in [4.78, 5) is 34.8. The monoisotopic (exact) mass is 805 g/mol. The van der Waals surface area contributed by atoms with Gasteiger partial charge in [0.15, 0.2) is 5.96 Å². The molecule has 0 saturated carbocycles. The van der Waals surface area contributed by atoms with Crippen molar-refractivity contribution in [2.75, 3.05) is 39.3 Å². The van der Waals surface area contributed by atoms with Gasteiger partial charge >= 0.3 is 12.1 Å². The minimum absolute atomic E-state index is 0.0718. The van der Waals surface area contributed by atoms with E-state index in [-0.39, 0.29) is 33.4 Å². The lowest BCUT2D eigenvalue weighted by molar-refractivity contribution is -0.192. The van der Waals surface area contributed by atoms with E-state index in [9.17, 15) is 26.4 Å². The second-order valence-corrected chi connectivity index (χ2v) is 15.2. The number of piperazine rings is 1. The summed E-state index contributed by atoms with van der Waals surface area (Å²) in [5.74, 6) is -2.42. The number of carboxylic acid groups (broad SMARTS) is 1. The van der Waals surface area contributed by atoms with Gasteiger partial charge in [-0.2, -0.15) is 17.9 Å². The number of hydrogen-bond acceptors (Lipinski definition) is 8. The molecule has 0 aliphatic carbocycles. The zero-order valence-corrected chi connectivity index (χ0v) is 31.9. The summed E-state index contributed by atoms with van der Waals surface area (Å²) < 4.78 is 67.6. The zero-order chi connectivity index (χ0) is 39.6. The average molecular weight is 807 g/mol. The minimum atomic E-state index is -5.08. The van der Waals surface area contributed by atoms with Crippen molar-refractivity contribution >= 4 is 62.0 Å². The van der Waals surface area contributed by atoms with Crippen LogP contribution in [0.3, 0.4) is 0 Å². The maximum Gasteiger partial charge on any atom is 0.490 e. The molecule has 4 rings (SSSR count). The van der Waals surface area contributed by atoms with Crippen LogP contribution in [0.1, 0.15) is 50.8 Å².